The third-order valence-corrected chi connectivity index (χ3v) is 27.0. The molecule has 12 aromatic rings. The topological polar surface area (TPSA) is 41.3 Å². The molecule has 0 radical (unpaired) electrons. The van der Waals surface area contributed by atoms with Crippen molar-refractivity contribution < 1.29 is 26.5 Å². The molecule has 0 fully saturated rings. The summed E-state index contributed by atoms with van der Waals surface area (Å²) in [5.74, 6) is -0.599. The lowest BCUT2D eigenvalue weighted by Gasteiger charge is -2.48. The Morgan fingerprint density at radius 3 is 1.37 bits per heavy atom. The average molecular weight is 1460 g/mol. The molecule has 0 unspecified atom stereocenters. The van der Waals surface area contributed by atoms with Crippen LogP contribution in [0.25, 0.3) is 89.5 Å². The van der Waals surface area contributed by atoms with Crippen molar-refractivity contribution in [3.8, 4) is 89.5 Å². The fourth-order valence-corrected chi connectivity index (χ4v) is 19.6. The fraction of sp³-hybridized carbons (Fsp3) is 0.365. The minimum atomic E-state index is -2.12. The van der Waals surface area contributed by atoms with Gasteiger partial charge < -0.3 is 0 Å². The molecule has 6 heteroatoms. The molecule has 6 aromatic carbocycles. The van der Waals surface area contributed by atoms with Crippen molar-refractivity contribution >= 4 is 0 Å². The molecule has 6 heterocycles. The van der Waals surface area contributed by atoms with Gasteiger partial charge in [0.25, 0.3) is 0 Å². The molecule has 0 atom stereocenters. The molecule has 0 saturated heterocycles. The van der Waals surface area contributed by atoms with Crippen molar-refractivity contribution in [1.29, 1.82) is 0 Å². The summed E-state index contributed by atoms with van der Waals surface area (Å²) in [6.07, 6.45) is 10.5. The molecule has 560 valence electrons. The normalized spacial score (nSPS) is 16.3. The van der Waals surface area contributed by atoms with E-state index in [-0.39, 0.29) is 21.7 Å². The van der Waals surface area contributed by atoms with Gasteiger partial charge in [0.15, 0.2) is 24.8 Å². The van der Waals surface area contributed by atoms with E-state index < -0.39 is 24.5 Å². The Morgan fingerprint density at radius 1 is 0.427 bits per heavy atom. The van der Waals surface area contributed by atoms with Gasteiger partial charge in [0.05, 0.1) is 22.5 Å². The molecule has 110 heavy (non-hydrogen) atoms. The average Bonchev–Trinajstić information content (AvgIpc) is 1.00. The molecule has 0 N–H and O–H groups in total. The summed E-state index contributed by atoms with van der Waals surface area (Å²) in [6.45, 7) is 46.0. The first-order valence-electron chi connectivity index (χ1n) is 42.9. The zero-order valence-electron chi connectivity index (χ0n) is 76.5. The Hall–Kier alpha value is -9.78. The van der Waals surface area contributed by atoms with Gasteiger partial charge in [-0.1, -0.05) is 163 Å². The van der Waals surface area contributed by atoms with Crippen LogP contribution in [0.15, 0.2) is 158 Å². The molecular weight excluding hydrogens is 1330 g/mol. The lowest BCUT2D eigenvalue weighted by molar-refractivity contribution is -0.661. The van der Waals surface area contributed by atoms with Crippen LogP contribution < -0.4 is 18.3 Å². The van der Waals surface area contributed by atoms with E-state index in [1.54, 1.807) is 6.20 Å². The molecule has 0 saturated carbocycles. The Morgan fingerprint density at radius 2 is 0.873 bits per heavy atom. The zero-order valence-corrected chi connectivity index (χ0v) is 70.5. The predicted molar refractivity (Wildman–Crippen MR) is 457 cm³/mol. The maximum Gasteiger partial charge on any atom is 0.216 e. The highest BCUT2D eigenvalue weighted by Crippen LogP contribution is 2.59. The van der Waals surface area contributed by atoms with E-state index in [0.29, 0.717) is 5.56 Å². The molecular formula is C104H118N6+4. The zero-order chi connectivity index (χ0) is 84.0. The minimum Gasteiger partial charge on any atom is -0.257 e. The first kappa shape index (κ1) is 68.3. The van der Waals surface area contributed by atoms with Gasteiger partial charge in [-0.3, -0.25) is 9.97 Å². The molecule has 0 spiro atoms. The van der Waals surface area contributed by atoms with Crippen LogP contribution in [0.2, 0.25) is 0 Å². The number of aromatic nitrogens is 6. The maximum atomic E-state index is 8.71. The highest BCUT2D eigenvalue weighted by molar-refractivity contribution is 5.89. The van der Waals surface area contributed by atoms with Crippen LogP contribution in [0.1, 0.15) is 238 Å². The van der Waals surface area contributed by atoms with E-state index in [1.165, 1.54) is 173 Å². The Kier molecular flexibility index (Phi) is 16.8. The summed E-state index contributed by atoms with van der Waals surface area (Å²) in [5.41, 5.74) is 49.8. The fourth-order valence-electron chi connectivity index (χ4n) is 19.6. The quantitative estimate of drug-likeness (QED) is 0.165. The van der Waals surface area contributed by atoms with Gasteiger partial charge in [-0.05, 0) is 270 Å². The molecule has 0 amide bonds. The lowest BCUT2D eigenvalue weighted by Crippen LogP contribution is -2.48. The number of hydrogen-bond donors (Lipinski definition) is 0. The van der Waals surface area contributed by atoms with E-state index >= 15 is 0 Å². The SMILES string of the molecule is Cc1cc[n+](C)c2c1C(C)(C)C(C)(C)c1cc3c(c(C)c1-2)Cc1ccccc1-3.[2H]C(C)(C)c1c[n+](C)c(-c2ccc3c(c2C)Cc2nc(C)ccc2-3)cc1C.[2H]C([2H])([2H])c1cc2c([n+](C)c1)-c1c(cc3c(c1C)Cc1ccccc1-3)C(C)(C)C2(C)C.[2H]C([2H])(c1c[n+](C)c(-c2ccc3c(c2C)Cc2nc(C)ccc2-3)cc1C)C(C)(C)C. The summed E-state index contributed by atoms with van der Waals surface area (Å²) in [4.78, 5) is 9.51. The molecule has 0 aliphatic heterocycles. The second kappa shape index (κ2) is 27.0. The second-order valence-electron chi connectivity index (χ2n) is 36.4. The summed E-state index contributed by atoms with van der Waals surface area (Å²) in [6, 6.07) is 48.7. The monoisotopic (exact) mass is 1460 g/mol. The number of aryl methyl sites for hydroxylation is 10. The van der Waals surface area contributed by atoms with Gasteiger partial charge in [0, 0.05) is 112 Å². The Bertz CT molecular complexity index is 6160. The highest BCUT2D eigenvalue weighted by atomic mass is 14.9. The standard InChI is InChI=1S/2C27H30N.C26H31N2.C24H27N2/c1-16-12-23-25(28(7)15-16)24-17(2)20-13-18-10-8-9-11-19(18)21(20)14-22(24)26(3,4)27(23,5)6;1-16-12-13-28(7)25-23-17(2)20-14-18-10-8-9-11-19(18)21(20)15-22(23)26(3,4)27(5,6)24(16)25;1-16-12-25(28(7)15-19(16)14-26(4,5)6)20-10-11-21-22-9-8-17(2)27-24(22)13-23(21)18(20)3;1-14(2)22-13-26(6)24(11-15(22)3)18-9-10-19-20-8-7-16(4)25-23(20)12-21(19)17(18)5/h8-12,14-15H,13H2,1-7H3;8-13,15H,14H2,1-7H3;8-12,15H,13-14H2,1-7H3;7-11,13-14H,12H2,1-6H3/q4*+1/i1D3;;14D2;14D. The van der Waals surface area contributed by atoms with E-state index in [4.69, 9.17) is 18.2 Å². The smallest absolute Gasteiger partial charge is 0.216 e. The van der Waals surface area contributed by atoms with Crippen LogP contribution >= 0.6 is 0 Å². The summed E-state index contributed by atoms with van der Waals surface area (Å²) < 4.78 is 58.5. The number of benzene rings is 6. The van der Waals surface area contributed by atoms with Crippen LogP contribution in [0.3, 0.4) is 0 Å². The van der Waals surface area contributed by atoms with Crippen LogP contribution in [-0.4, -0.2) is 9.97 Å². The first-order valence-corrected chi connectivity index (χ1v) is 39.9. The molecule has 6 aliphatic rings. The number of nitrogens with zero attached hydrogens (tertiary/aromatic N) is 6. The minimum absolute atomic E-state index is 0.0474. The molecule has 6 nitrogen and oxygen atoms in total. The van der Waals surface area contributed by atoms with Crippen molar-refractivity contribution in [2.75, 3.05) is 0 Å². The van der Waals surface area contributed by atoms with Gasteiger partial charge in [-0.25, -0.2) is 18.3 Å². The van der Waals surface area contributed by atoms with E-state index in [2.05, 4.69) is 271 Å². The van der Waals surface area contributed by atoms with Crippen LogP contribution in [-0.2, 0) is 81.9 Å². The van der Waals surface area contributed by atoms with E-state index in [0.717, 1.165) is 70.7 Å². The highest BCUT2D eigenvalue weighted by Gasteiger charge is 2.53. The van der Waals surface area contributed by atoms with Crippen molar-refractivity contribution in [2.24, 2.45) is 33.6 Å². The summed E-state index contributed by atoms with van der Waals surface area (Å²) >= 11 is 0. The third kappa shape index (κ3) is 12.2. The number of hydrogen-bond acceptors (Lipinski definition) is 2. The van der Waals surface area contributed by atoms with Crippen molar-refractivity contribution in [1.82, 2.24) is 9.97 Å². The van der Waals surface area contributed by atoms with Crippen LogP contribution in [0.4, 0.5) is 0 Å². The largest absolute Gasteiger partial charge is 0.257 e. The van der Waals surface area contributed by atoms with E-state index in [9.17, 15) is 0 Å². The Balaban J connectivity index is 0.000000122. The van der Waals surface area contributed by atoms with Crippen LogP contribution in [0, 0.1) is 74.6 Å². The van der Waals surface area contributed by atoms with Crippen molar-refractivity contribution in [3.63, 3.8) is 0 Å². The van der Waals surface area contributed by atoms with E-state index in [1.807, 2.05) is 79.4 Å². The third-order valence-electron chi connectivity index (χ3n) is 27.0. The van der Waals surface area contributed by atoms with Gasteiger partial charge in [0.1, 0.15) is 28.2 Å². The van der Waals surface area contributed by atoms with Crippen molar-refractivity contribution in [3.05, 3.63) is 292 Å². The van der Waals surface area contributed by atoms with Crippen LogP contribution in [0.5, 0.6) is 0 Å². The van der Waals surface area contributed by atoms with Gasteiger partial charge in [-0.2, -0.15) is 0 Å². The molecule has 18 rings (SSSR count). The van der Waals surface area contributed by atoms with Gasteiger partial charge in [-0.15, -0.1) is 0 Å². The predicted octanol–water partition coefficient (Wildman–Crippen LogP) is 22.7. The second-order valence-corrected chi connectivity index (χ2v) is 36.4. The number of fused-ring (bicyclic) bond motifs is 18. The maximum absolute atomic E-state index is 8.71. The number of pyridine rings is 6. The van der Waals surface area contributed by atoms with Gasteiger partial charge in [0.2, 0.25) is 22.8 Å². The molecule has 6 aliphatic carbocycles. The first-order chi connectivity index (χ1) is 54.1. The lowest BCUT2D eigenvalue weighted by atomic mass is 9.54. The summed E-state index contributed by atoms with van der Waals surface area (Å²) in [7, 11) is 8.30. The summed E-state index contributed by atoms with van der Waals surface area (Å²) in [5, 5.41) is 0. The molecule has 0 bridgehead atoms. The Labute approximate surface area is 666 Å². The van der Waals surface area contributed by atoms with Crippen molar-refractivity contribution in [2.45, 2.75) is 219 Å². The molecule has 6 aromatic heterocycles. The number of rotatable bonds is 4. The van der Waals surface area contributed by atoms with Gasteiger partial charge >= 0.3 is 0 Å².